The number of nitrogens with zero attached hydrogens (tertiary/aromatic N) is 3. The summed E-state index contributed by atoms with van der Waals surface area (Å²) in [6, 6.07) is 2.01. The molecule has 1 aromatic heterocycles. The summed E-state index contributed by atoms with van der Waals surface area (Å²) in [5.74, 6) is 1.53. The number of fused-ring (bicyclic) bond motifs is 1. The van der Waals surface area contributed by atoms with Crippen LogP contribution in [0.4, 0.5) is 0 Å². The van der Waals surface area contributed by atoms with Crippen LogP contribution < -0.4 is 5.32 Å². The molecule has 0 aliphatic carbocycles. The van der Waals surface area contributed by atoms with Crippen molar-refractivity contribution in [2.75, 3.05) is 26.2 Å². The van der Waals surface area contributed by atoms with Crippen molar-refractivity contribution >= 4 is 5.91 Å². The molecular formula is C13H20N4O. The average molecular weight is 248 g/mol. The van der Waals surface area contributed by atoms with Gasteiger partial charge in [0.2, 0.25) is 5.91 Å². The van der Waals surface area contributed by atoms with Crippen molar-refractivity contribution in [2.45, 2.75) is 20.4 Å². The molecule has 3 rings (SSSR count). The molecule has 0 radical (unpaired) electrons. The molecule has 1 amide bonds. The van der Waals surface area contributed by atoms with Crippen LogP contribution >= 0.6 is 0 Å². The second kappa shape index (κ2) is 4.39. The van der Waals surface area contributed by atoms with Crippen LogP contribution in [0.25, 0.3) is 0 Å². The third-order valence-electron chi connectivity index (χ3n) is 4.13. The Bertz CT molecular complexity index is 456. The molecule has 1 N–H and O–H groups in total. The second-order valence-corrected chi connectivity index (χ2v) is 5.56. The second-order valence-electron chi connectivity index (χ2n) is 5.56. The van der Waals surface area contributed by atoms with Gasteiger partial charge in [0, 0.05) is 31.9 Å². The van der Waals surface area contributed by atoms with E-state index in [2.05, 4.69) is 10.4 Å². The van der Waals surface area contributed by atoms with Crippen molar-refractivity contribution in [3.05, 3.63) is 17.5 Å². The lowest BCUT2D eigenvalue weighted by Crippen LogP contribution is -2.34. The van der Waals surface area contributed by atoms with Crippen molar-refractivity contribution in [3.8, 4) is 0 Å². The molecule has 2 saturated heterocycles. The van der Waals surface area contributed by atoms with Gasteiger partial charge in [0.25, 0.3) is 0 Å². The summed E-state index contributed by atoms with van der Waals surface area (Å²) in [6.07, 6.45) is 0. The summed E-state index contributed by atoms with van der Waals surface area (Å²) in [7, 11) is 0. The van der Waals surface area contributed by atoms with Gasteiger partial charge in [0.15, 0.2) is 0 Å². The topological polar surface area (TPSA) is 50.2 Å². The van der Waals surface area contributed by atoms with Gasteiger partial charge in [-0.1, -0.05) is 0 Å². The summed E-state index contributed by atoms with van der Waals surface area (Å²) in [4.78, 5) is 14.3. The standard InChI is InChI=1S/C13H20N4O/c1-9-3-10(2)17(15-9)8-13(18)16-6-11-4-14-5-12(11)7-16/h3,11-12,14H,4-8H2,1-2H3. The first-order valence-corrected chi connectivity index (χ1v) is 6.63. The van der Waals surface area contributed by atoms with Gasteiger partial charge in [-0.25, -0.2) is 0 Å². The molecule has 2 fully saturated rings. The third-order valence-corrected chi connectivity index (χ3v) is 4.13. The molecule has 5 heteroatoms. The van der Waals surface area contributed by atoms with Crippen LogP contribution in [-0.4, -0.2) is 46.8 Å². The van der Waals surface area contributed by atoms with E-state index in [9.17, 15) is 4.79 Å². The molecule has 0 spiro atoms. The highest BCUT2D eigenvalue weighted by molar-refractivity contribution is 5.76. The largest absolute Gasteiger partial charge is 0.340 e. The first-order valence-electron chi connectivity index (χ1n) is 6.63. The Hall–Kier alpha value is -1.36. The van der Waals surface area contributed by atoms with Crippen molar-refractivity contribution in [2.24, 2.45) is 11.8 Å². The number of hydrogen-bond donors (Lipinski definition) is 1. The number of carbonyl (C=O) groups excluding carboxylic acids is 1. The Balaban J connectivity index is 1.64. The summed E-state index contributed by atoms with van der Waals surface area (Å²) >= 11 is 0. The first-order chi connectivity index (χ1) is 8.63. The molecule has 3 heterocycles. The summed E-state index contributed by atoms with van der Waals surface area (Å²) < 4.78 is 1.81. The van der Waals surface area contributed by atoms with Crippen LogP contribution in [0, 0.1) is 25.7 Å². The Morgan fingerprint density at radius 1 is 1.39 bits per heavy atom. The van der Waals surface area contributed by atoms with E-state index >= 15 is 0 Å². The number of hydrogen-bond acceptors (Lipinski definition) is 3. The van der Waals surface area contributed by atoms with Crippen LogP contribution in [0.2, 0.25) is 0 Å². The number of aryl methyl sites for hydroxylation is 2. The Morgan fingerprint density at radius 2 is 2.06 bits per heavy atom. The minimum absolute atomic E-state index is 0.204. The molecule has 2 atom stereocenters. The van der Waals surface area contributed by atoms with Crippen LogP contribution in [-0.2, 0) is 11.3 Å². The number of rotatable bonds is 2. The molecular weight excluding hydrogens is 228 g/mol. The van der Waals surface area contributed by atoms with Gasteiger partial charge in [0.05, 0.1) is 5.69 Å². The van der Waals surface area contributed by atoms with E-state index in [1.807, 2.05) is 29.5 Å². The molecule has 2 unspecified atom stereocenters. The lowest BCUT2D eigenvalue weighted by atomic mass is 10.0. The van der Waals surface area contributed by atoms with E-state index in [4.69, 9.17) is 0 Å². The quantitative estimate of drug-likeness (QED) is 0.812. The summed E-state index contributed by atoms with van der Waals surface area (Å²) in [5, 5.41) is 7.74. The first kappa shape index (κ1) is 11.7. The minimum Gasteiger partial charge on any atom is -0.340 e. The van der Waals surface area contributed by atoms with E-state index in [0.29, 0.717) is 18.4 Å². The number of aromatic nitrogens is 2. The van der Waals surface area contributed by atoms with Gasteiger partial charge in [-0.2, -0.15) is 5.10 Å². The third kappa shape index (κ3) is 2.03. The lowest BCUT2D eigenvalue weighted by molar-refractivity contribution is -0.131. The van der Waals surface area contributed by atoms with Crippen molar-refractivity contribution < 1.29 is 4.79 Å². The highest BCUT2D eigenvalue weighted by atomic mass is 16.2. The molecule has 0 aromatic carbocycles. The van der Waals surface area contributed by atoms with Gasteiger partial charge < -0.3 is 10.2 Å². The predicted octanol–water partition coefficient (Wildman–Crippen LogP) is 0.178. The zero-order valence-corrected chi connectivity index (χ0v) is 11.0. The zero-order chi connectivity index (χ0) is 12.7. The van der Waals surface area contributed by atoms with Crippen molar-refractivity contribution in [1.82, 2.24) is 20.0 Å². The zero-order valence-electron chi connectivity index (χ0n) is 11.0. The molecule has 2 aliphatic rings. The maximum absolute atomic E-state index is 12.3. The smallest absolute Gasteiger partial charge is 0.244 e. The summed E-state index contributed by atoms with van der Waals surface area (Å²) in [6.45, 7) is 8.29. The SMILES string of the molecule is Cc1cc(C)n(CC(=O)N2CC3CNCC3C2)n1. The fourth-order valence-electron chi connectivity index (χ4n) is 3.12. The van der Waals surface area contributed by atoms with Crippen LogP contribution in [0.1, 0.15) is 11.4 Å². The van der Waals surface area contributed by atoms with Gasteiger partial charge >= 0.3 is 0 Å². The molecule has 0 bridgehead atoms. The lowest BCUT2D eigenvalue weighted by Gasteiger charge is -2.17. The monoisotopic (exact) mass is 248 g/mol. The van der Waals surface area contributed by atoms with E-state index in [1.165, 1.54) is 0 Å². The van der Waals surface area contributed by atoms with Gasteiger partial charge in [-0.15, -0.1) is 0 Å². The highest BCUT2D eigenvalue weighted by Crippen LogP contribution is 2.26. The van der Waals surface area contributed by atoms with Crippen molar-refractivity contribution in [3.63, 3.8) is 0 Å². The number of amides is 1. The van der Waals surface area contributed by atoms with E-state index in [-0.39, 0.29) is 5.91 Å². The fourth-order valence-corrected chi connectivity index (χ4v) is 3.12. The highest BCUT2D eigenvalue weighted by Gasteiger charge is 2.37. The molecule has 0 saturated carbocycles. The van der Waals surface area contributed by atoms with Crippen LogP contribution in [0.3, 0.4) is 0 Å². The molecule has 18 heavy (non-hydrogen) atoms. The maximum Gasteiger partial charge on any atom is 0.244 e. The molecule has 5 nitrogen and oxygen atoms in total. The number of likely N-dealkylation sites (tertiary alicyclic amines) is 1. The number of carbonyl (C=O) groups is 1. The maximum atomic E-state index is 12.3. The Labute approximate surface area is 107 Å². The van der Waals surface area contributed by atoms with Gasteiger partial charge in [-0.05, 0) is 31.7 Å². The van der Waals surface area contributed by atoms with Crippen LogP contribution in [0.5, 0.6) is 0 Å². The van der Waals surface area contributed by atoms with Gasteiger partial charge in [0.1, 0.15) is 6.54 Å². The molecule has 2 aliphatic heterocycles. The van der Waals surface area contributed by atoms with E-state index < -0.39 is 0 Å². The number of nitrogens with one attached hydrogen (secondary N) is 1. The fraction of sp³-hybridized carbons (Fsp3) is 0.692. The van der Waals surface area contributed by atoms with Gasteiger partial charge in [-0.3, -0.25) is 9.48 Å². The van der Waals surface area contributed by atoms with E-state index in [0.717, 1.165) is 37.6 Å². The minimum atomic E-state index is 0.204. The molecule has 1 aromatic rings. The Kier molecular flexibility index (Phi) is 2.86. The molecule has 98 valence electrons. The predicted molar refractivity (Wildman–Crippen MR) is 68.1 cm³/mol. The average Bonchev–Trinajstić information content (AvgIpc) is 2.93. The van der Waals surface area contributed by atoms with Crippen LogP contribution in [0.15, 0.2) is 6.07 Å². The Morgan fingerprint density at radius 3 is 2.61 bits per heavy atom. The summed E-state index contributed by atoms with van der Waals surface area (Å²) in [5.41, 5.74) is 2.03. The van der Waals surface area contributed by atoms with E-state index in [1.54, 1.807) is 0 Å². The van der Waals surface area contributed by atoms with Crippen molar-refractivity contribution in [1.29, 1.82) is 0 Å². The normalized spacial score (nSPS) is 26.7.